The first kappa shape index (κ1) is 17.7. The van der Waals surface area contributed by atoms with Crippen LogP contribution in [-0.2, 0) is 24.2 Å². The van der Waals surface area contributed by atoms with Gasteiger partial charge in [0, 0.05) is 12.1 Å². The Balaban J connectivity index is 1.51. The van der Waals surface area contributed by atoms with Crippen LogP contribution in [0.15, 0.2) is 48.5 Å². The van der Waals surface area contributed by atoms with Crippen molar-refractivity contribution in [3.8, 4) is 11.4 Å². The van der Waals surface area contributed by atoms with Crippen molar-refractivity contribution in [2.24, 2.45) is 0 Å². The van der Waals surface area contributed by atoms with Crippen molar-refractivity contribution in [2.45, 2.75) is 26.3 Å². The summed E-state index contributed by atoms with van der Waals surface area (Å²) in [6.45, 7) is 2.41. The van der Waals surface area contributed by atoms with E-state index in [9.17, 15) is 9.18 Å². The monoisotopic (exact) mass is 353 g/mol. The second kappa shape index (κ2) is 8.33. The zero-order valence-corrected chi connectivity index (χ0v) is 14.5. The smallest absolute Gasteiger partial charge is 0.243 e. The molecule has 0 radical (unpaired) electrons. The van der Waals surface area contributed by atoms with Gasteiger partial charge in [-0.15, -0.1) is 10.2 Å². The summed E-state index contributed by atoms with van der Waals surface area (Å²) in [6, 6.07) is 14.4. The number of rotatable bonds is 7. The van der Waals surface area contributed by atoms with Gasteiger partial charge in [-0.25, -0.2) is 4.39 Å². The fourth-order valence-corrected chi connectivity index (χ4v) is 2.54. The van der Waals surface area contributed by atoms with E-state index in [1.165, 1.54) is 16.4 Å². The molecule has 6 nitrogen and oxygen atoms in total. The predicted molar refractivity (Wildman–Crippen MR) is 95.7 cm³/mol. The Morgan fingerprint density at radius 2 is 1.92 bits per heavy atom. The highest BCUT2D eigenvalue weighted by molar-refractivity contribution is 5.75. The summed E-state index contributed by atoms with van der Waals surface area (Å²) >= 11 is 0. The van der Waals surface area contributed by atoms with Gasteiger partial charge in [0.25, 0.3) is 0 Å². The Bertz CT molecular complexity index is 876. The third kappa shape index (κ3) is 4.50. The van der Waals surface area contributed by atoms with Gasteiger partial charge in [-0.3, -0.25) is 4.79 Å². The minimum Gasteiger partial charge on any atom is -0.354 e. The normalized spacial score (nSPS) is 10.7. The molecule has 134 valence electrons. The maximum absolute atomic E-state index is 13.5. The lowest BCUT2D eigenvalue weighted by atomic mass is 10.1. The average molecular weight is 353 g/mol. The SMILES string of the molecule is CCc1ccc(-c2nnn(CC(=O)NCCc3ccccc3F)n2)cc1. The van der Waals surface area contributed by atoms with Gasteiger partial charge in [-0.2, -0.15) is 4.80 Å². The van der Waals surface area contributed by atoms with Crippen LogP contribution in [0.3, 0.4) is 0 Å². The number of carbonyl (C=O) groups excluding carboxylic acids is 1. The van der Waals surface area contributed by atoms with E-state index < -0.39 is 0 Å². The number of nitrogens with zero attached hydrogens (tertiary/aromatic N) is 4. The number of halogens is 1. The first-order valence-electron chi connectivity index (χ1n) is 8.53. The van der Waals surface area contributed by atoms with Crippen molar-refractivity contribution in [3.63, 3.8) is 0 Å². The average Bonchev–Trinajstić information content (AvgIpc) is 3.12. The summed E-state index contributed by atoms with van der Waals surface area (Å²) in [5, 5.41) is 14.9. The number of hydrogen-bond acceptors (Lipinski definition) is 4. The molecule has 3 aromatic rings. The van der Waals surface area contributed by atoms with Crippen LogP contribution in [-0.4, -0.2) is 32.7 Å². The fraction of sp³-hybridized carbons (Fsp3) is 0.263. The minimum atomic E-state index is -0.265. The number of aromatic nitrogens is 4. The van der Waals surface area contributed by atoms with Gasteiger partial charge < -0.3 is 5.32 Å². The van der Waals surface area contributed by atoms with E-state index in [2.05, 4.69) is 27.7 Å². The predicted octanol–water partition coefficient (Wildman–Crippen LogP) is 2.40. The van der Waals surface area contributed by atoms with Gasteiger partial charge in [-0.05, 0) is 35.2 Å². The van der Waals surface area contributed by atoms with Gasteiger partial charge in [0.15, 0.2) is 0 Å². The lowest BCUT2D eigenvalue weighted by Crippen LogP contribution is -2.30. The van der Waals surface area contributed by atoms with E-state index in [-0.39, 0.29) is 18.3 Å². The quantitative estimate of drug-likeness (QED) is 0.708. The first-order valence-corrected chi connectivity index (χ1v) is 8.53. The molecule has 1 amide bonds. The Morgan fingerprint density at radius 3 is 2.65 bits per heavy atom. The molecular formula is C19H20FN5O. The molecule has 3 rings (SSSR count). The van der Waals surface area contributed by atoms with Crippen LogP contribution < -0.4 is 5.32 Å². The van der Waals surface area contributed by atoms with Crippen LogP contribution in [0.2, 0.25) is 0 Å². The molecule has 1 N–H and O–H groups in total. The third-order valence-corrected chi connectivity index (χ3v) is 4.03. The maximum atomic E-state index is 13.5. The van der Waals surface area contributed by atoms with Crippen LogP contribution >= 0.6 is 0 Å². The number of nitrogens with one attached hydrogen (secondary N) is 1. The number of amides is 1. The van der Waals surface area contributed by atoms with Crippen LogP contribution in [0.1, 0.15) is 18.1 Å². The number of tetrazole rings is 1. The first-order chi connectivity index (χ1) is 12.7. The molecule has 0 atom stereocenters. The molecule has 7 heteroatoms. The molecule has 1 aromatic heterocycles. The van der Waals surface area contributed by atoms with Gasteiger partial charge in [0.1, 0.15) is 12.4 Å². The maximum Gasteiger partial charge on any atom is 0.243 e. The number of benzene rings is 2. The molecule has 0 saturated carbocycles. The van der Waals surface area contributed by atoms with Crippen LogP contribution in [0.4, 0.5) is 4.39 Å². The topological polar surface area (TPSA) is 72.7 Å². The van der Waals surface area contributed by atoms with E-state index in [1.54, 1.807) is 18.2 Å². The van der Waals surface area contributed by atoms with Crippen LogP contribution in [0, 0.1) is 5.82 Å². The van der Waals surface area contributed by atoms with Crippen molar-refractivity contribution in [1.82, 2.24) is 25.5 Å². The zero-order valence-electron chi connectivity index (χ0n) is 14.5. The summed E-state index contributed by atoms with van der Waals surface area (Å²) in [6.07, 6.45) is 1.39. The summed E-state index contributed by atoms with van der Waals surface area (Å²) in [7, 11) is 0. The molecule has 0 spiro atoms. The molecule has 0 fully saturated rings. The Kier molecular flexibility index (Phi) is 5.68. The minimum absolute atomic E-state index is 0.0304. The molecule has 0 aliphatic rings. The molecule has 26 heavy (non-hydrogen) atoms. The molecule has 0 unspecified atom stereocenters. The van der Waals surface area contributed by atoms with E-state index >= 15 is 0 Å². The van der Waals surface area contributed by atoms with E-state index in [0.29, 0.717) is 24.4 Å². The third-order valence-electron chi connectivity index (χ3n) is 4.03. The molecule has 0 saturated heterocycles. The van der Waals surface area contributed by atoms with E-state index in [1.807, 2.05) is 24.3 Å². The van der Waals surface area contributed by atoms with E-state index in [0.717, 1.165) is 12.0 Å². The van der Waals surface area contributed by atoms with Gasteiger partial charge in [-0.1, -0.05) is 49.4 Å². The Labute approximate surface area is 151 Å². The highest BCUT2D eigenvalue weighted by Crippen LogP contribution is 2.14. The summed E-state index contributed by atoms with van der Waals surface area (Å²) < 4.78 is 13.5. The highest BCUT2D eigenvalue weighted by Gasteiger charge is 2.09. The Morgan fingerprint density at radius 1 is 1.15 bits per heavy atom. The van der Waals surface area contributed by atoms with Crippen molar-refractivity contribution in [2.75, 3.05) is 6.54 Å². The largest absolute Gasteiger partial charge is 0.354 e. The zero-order chi connectivity index (χ0) is 18.4. The molecular weight excluding hydrogens is 333 g/mol. The molecule has 0 bridgehead atoms. The van der Waals surface area contributed by atoms with E-state index in [4.69, 9.17) is 0 Å². The molecule has 0 aliphatic carbocycles. The molecule has 2 aromatic carbocycles. The Hall–Kier alpha value is -3.09. The number of carbonyl (C=O) groups is 1. The van der Waals surface area contributed by atoms with Crippen molar-refractivity contribution < 1.29 is 9.18 Å². The lowest BCUT2D eigenvalue weighted by Gasteiger charge is -2.05. The van der Waals surface area contributed by atoms with Crippen molar-refractivity contribution >= 4 is 5.91 Å². The second-order valence-corrected chi connectivity index (χ2v) is 5.89. The summed E-state index contributed by atoms with van der Waals surface area (Å²) in [5.41, 5.74) is 2.66. The molecule has 0 aliphatic heterocycles. The fourth-order valence-electron chi connectivity index (χ4n) is 2.54. The highest BCUT2D eigenvalue weighted by atomic mass is 19.1. The molecule has 1 heterocycles. The van der Waals surface area contributed by atoms with Crippen molar-refractivity contribution in [3.05, 3.63) is 65.5 Å². The van der Waals surface area contributed by atoms with Crippen LogP contribution in [0.5, 0.6) is 0 Å². The summed E-state index contributed by atoms with van der Waals surface area (Å²) in [4.78, 5) is 13.2. The summed E-state index contributed by atoms with van der Waals surface area (Å²) in [5.74, 6) is -0.0307. The van der Waals surface area contributed by atoms with Crippen LogP contribution in [0.25, 0.3) is 11.4 Å². The van der Waals surface area contributed by atoms with Gasteiger partial charge in [0.05, 0.1) is 0 Å². The lowest BCUT2D eigenvalue weighted by molar-refractivity contribution is -0.122. The standard InChI is InChI=1S/C19H20FN5O/c1-2-14-7-9-16(10-8-14)19-22-24-25(23-19)13-18(26)21-12-11-15-5-3-4-6-17(15)20/h3-10H,2,11-13H2,1H3,(H,21,26). The van der Waals surface area contributed by atoms with Gasteiger partial charge in [0.2, 0.25) is 11.7 Å². The number of aryl methyl sites for hydroxylation is 1. The number of hydrogen-bond donors (Lipinski definition) is 1. The second-order valence-electron chi connectivity index (χ2n) is 5.89. The van der Waals surface area contributed by atoms with Crippen molar-refractivity contribution in [1.29, 1.82) is 0 Å². The van der Waals surface area contributed by atoms with Gasteiger partial charge >= 0.3 is 0 Å².